The fourth-order valence-corrected chi connectivity index (χ4v) is 3.51. The Labute approximate surface area is 176 Å². The molecule has 6 heteroatoms. The number of aromatic nitrogens is 2. The van der Waals surface area contributed by atoms with Crippen molar-refractivity contribution in [3.05, 3.63) is 88.4 Å². The number of halogens is 2. The number of fused-ring (bicyclic) bond motifs is 1. The second kappa shape index (κ2) is 8.17. The average Bonchev–Trinajstić information content (AvgIpc) is 3.08. The molecule has 0 spiro atoms. The number of rotatable bonds is 5. The van der Waals surface area contributed by atoms with Crippen molar-refractivity contribution in [1.29, 1.82) is 0 Å². The fraction of sp³-hybridized carbons (Fsp3) is 0.130. The standard InChI is InChI=1S/C23H19BrFN3O/c1-15-5-10-18(14-19(15)25)26-22(29)12-11-20-23(16-6-8-17(24)9-7-16)27-21-4-2-3-13-28(20)21/h2-10,13-14H,11-12H2,1H3,(H,26,29). The lowest BCUT2D eigenvalue weighted by molar-refractivity contribution is -0.116. The summed E-state index contributed by atoms with van der Waals surface area (Å²) < 4.78 is 16.7. The minimum Gasteiger partial charge on any atom is -0.326 e. The van der Waals surface area contributed by atoms with Gasteiger partial charge in [0.15, 0.2) is 0 Å². The van der Waals surface area contributed by atoms with Crippen LogP contribution >= 0.6 is 15.9 Å². The zero-order valence-corrected chi connectivity index (χ0v) is 17.4. The molecular formula is C23H19BrFN3O. The summed E-state index contributed by atoms with van der Waals surface area (Å²) in [6.45, 7) is 1.69. The Balaban J connectivity index is 1.58. The maximum Gasteiger partial charge on any atom is 0.224 e. The number of pyridine rings is 1. The Hall–Kier alpha value is -2.99. The van der Waals surface area contributed by atoms with E-state index >= 15 is 0 Å². The zero-order valence-electron chi connectivity index (χ0n) is 15.8. The maximum atomic E-state index is 13.7. The highest BCUT2D eigenvalue weighted by molar-refractivity contribution is 9.10. The monoisotopic (exact) mass is 451 g/mol. The molecule has 0 atom stereocenters. The average molecular weight is 452 g/mol. The number of nitrogens with one attached hydrogen (secondary N) is 1. The Kier molecular flexibility index (Phi) is 5.45. The molecule has 146 valence electrons. The zero-order chi connectivity index (χ0) is 20.4. The van der Waals surface area contributed by atoms with Gasteiger partial charge in [-0.2, -0.15) is 0 Å². The van der Waals surface area contributed by atoms with Crippen molar-refractivity contribution >= 4 is 33.2 Å². The highest BCUT2D eigenvalue weighted by Gasteiger charge is 2.15. The predicted molar refractivity (Wildman–Crippen MR) is 116 cm³/mol. The van der Waals surface area contributed by atoms with Gasteiger partial charge in [0.05, 0.1) is 11.4 Å². The number of aryl methyl sites for hydroxylation is 2. The molecule has 0 unspecified atom stereocenters. The number of benzene rings is 2. The molecule has 0 saturated heterocycles. The van der Waals surface area contributed by atoms with Gasteiger partial charge in [-0.05, 0) is 55.3 Å². The molecule has 0 bridgehead atoms. The molecule has 29 heavy (non-hydrogen) atoms. The van der Waals surface area contributed by atoms with E-state index in [-0.39, 0.29) is 18.1 Å². The summed E-state index contributed by atoms with van der Waals surface area (Å²) in [5.41, 5.74) is 4.66. The van der Waals surface area contributed by atoms with Crippen LogP contribution in [-0.2, 0) is 11.2 Å². The molecule has 4 aromatic rings. The molecule has 0 aliphatic heterocycles. The summed E-state index contributed by atoms with van der Waals surface area (Å²) in [6, 6.07) is 18.5. The Morgan fingerprint density at radius 1 is 1.14 bits per heavy atom. The third-order valence-corrected chi connectivity index (χ3v) is 5.32. The van der Waals surface area contributed by atoms with Gasteiger partial charge in [0.2, 0.25) is 5.91 Å². The molecule has 2 heterocycles. The van der Waals surface area contributed by atoms with Crippen LogP contribution in [0.3, 0.4) is 0 Å². The van der Waals surface area contributed by atoms with Gasteiger partial charge in [0, 0.05) is 28.3 Å². The highest BCUT2D eigenvalue weighted by Crippen LogP contribution is 2.27. The summed E-state index contributed by atoms with van der Waals surface area (Å²) in [5.74, 6) is -0.497. The van der Waals surface area contributed by atoms with Gasteiger partial charge in [-0.25, -0.2) is 9.37 Å². The Morgan fingerprint density at radius 3 is 2.69 bits per heavy atom. The van der Waals surface area contributed by atoms with Gasteiger partial charge in [-0.3, -0.25) is 4.79 Å². The van der Waals surface area contributed by atoms with E-state index in [1.807, 2.05) is 53.1 Å². The third kappa shape index (κ3) is 4.22. The summed E-state index contributed by atoms with van der Waals surface area (Å²) in [5, 5.41) is 2.77. The van der Waals surface area contributed by atoms with Crippen molar-refractivity contribution in [3.8, 4) is 11.3 Å². The first-order valence-corrected chi connectivity index (χ1v) is 10.1. The third-order valence-electron chi connectivity index (χ3n) is 4.79. The quantitative estimate of drug-likeness (QED) is 0.417. The summed E-state index contributed by atoms with van der Waals surface area (Å²) in [6.07, 6.45) is 2.73. The van der Waals surface area contributed by atoms with Gasteiger partial charge in [-0.1, -0.05) is 40.2 Å². The smallest absolute Gasteiger partial charge is 0.224 e. The van der Waals surface area contributed by atoms with E-state index in [0.717, 1.165) is 27.1 Å². The molecule has 4 rings (SSSR count). The van der Waals surface area contributed by atoms with Gasteiger partial charge in [-0.15, -0.1) is 0 Å². The molecular weight excluding hydrogens is 433 g/mol. The van der Waals surface area contributed by atoms with Crippen molar-refractivity contribution in [1.82, 2.24) is 9.38 Å². The van der Waals surface area contributed by atoms with Crippen molar-refractivity contribution in [2.24, 2.45) is 0 Å². The Morgan fingerprint density at radius 2 is 1.93 bits per heavy atom. The number of carbonyl (C=O) groups excluding carboxylic acids is 1. The van der Waals surface area contributed by atoms with Crippen LogP contribution in [0.15, 0.2) is 71.3 Å². The van der Waals surface area contributed by atoms with E-state index in [1.54, 1.807) is 19.1 Å². The van der Waals surface area contributed by atoms with Crippen LogP contribution in [-0.4, -0.2) is 15.3 Å². The molecule has 2 aromatic carbocycles. The van der Waals surface area contributed by atoms with E-state index in [4.69, 9.17) is 4.98 Å². The minimum atomic E-state index is -0.331. The van der Waals surface area contributed by atoms with E-state index < -0.39 is 0 Å². The molecule has 2 aromatic heterocycles. The first kappa shape index (κ1) is 19.3. The largest absolute Gasteiger partial charge is 0.326 e. The number of nitrogens with zero attached hydrogens (tertiary/aromatic N) is 2. The highest BCUT2D eigenvalue weighted by atomic mass is 79.9. The van der Waals surface area contributed by atoms with Gasteiger partial charge in [0.25, 0.3) is 0 Å². The van der Waals surface area contributed by atoms with Crippen LogP contribution in [0.5, 0.6) is 0 Å². The maximum absolute atomic E-state index is 13.7. The lowest BCUT2D eigenvalue weighted by Gasteiger charge is -2.08. The first-order valence-electron chi connectivity index (χ1n) is 9.29. The summed E-state index contributed by atoms with van der Waals surface area (Å²) in [4.78, 5) is 17.2. The number of amides is 1. The van der Waals surface area contributed by atoms with Gasteiger partial charge in [0.1, 0.15) is 11.5 Å². The molecule has 1 amide bonds. The van der Waals surface area contributed by atoms with E-state index in [2.05, 4.69) is 21.2 Å². The first-order chi connectivity index (χ1) is 14.0. The van der Waals surface area contributed by atoms with Crippen molar-refractivity contribution < 1.29 is 9.18 Å². The number of carbonyl (C=O) groups is 1. The second-order valence-electron chi connectivity index (χ2n) is 6.85. The second-order valence-corrected chi connectivity index (χ2v) is 7.77. The number of anilines is 1. The van der Waals surface area contributed by atoms with Crippen LogP contribution < -0.4 is 5.32 Å². The van der Waals surface area contributed by atoms with Crippen LogP contribution in [0.1, 0.15) is 17.7 Å². The van der Waals surface area contributed by atoms with E-state index in [1.165, 1.54) is 6.07 Å². The van der Waals surface area contributed by atoms with Crippen LogP contribution in [0.2, 0.25) is 0 Å². The molecule has 0 radical (unpaired) electrons. The van der Waals surface area contributed by atoms with Crippen molar-refractivity contribution in [2.75, 3.05) is 5.32 Å². The summed E-state index contributed by atoms with van der Waals surface area (Å²) >= 11 is 3.46. The molecule has 0 aliphatic carbocycles. The van der Waals surface area contributed by atoms with E-state index in [0.29, 0.717) is 17.7 Å². The van der Waals surface area contributed by atoms with Crippen LogP contribution in [0, 0.1) is 12.7 Å². The topological polar surface area (TPSA) is 46.4 Å². The normalized spacial score (nSPS) is 11.0. The van der Waals surface area contributed by atoms with Crippen molar-refractivity contribution in [2.45, 2.75) is 19.8 Å². The van der Waals surface area contributed by atoms with Crippen LogP contribution in [0.25, 0.3) is 16.9 Å². The lowest BCUT2D eigenvalue weighted by Crippen LogP contribution is -2.13. The molecule has 1 N–H and O–H groups in total. The van der Waals surface area contributed by atoms with E-state index in [9.17, 15) is 9.18 Å². The number of imidazole rings is 1. The fourth-order valence-electron chi connectivity index (χ4n) is 3.25. The molecule has 0 aliphatic rings. The van der Waals surface area contributed by atoms with Crippen molar-refractivity contribution in [3.63, 3.8) is 0 Å². The minimum absolute atomic E-state index is 0.166. The molecule has 0 fully saturated rings. The lowest BCUT2D eigenvalue weighted by atomic mass is 10.1. The summed E-state index contributed by atoms with van der Waals surface area (Å²) in [7, 11) is 0. The SMILES string of the molecule is Cc1ccc(NC(=O)CCc2c(-c3ccc(Br)cc3)nc3ccccn23)cc1F. The predicted octanol–water partition coefficient (Wildman–Crippen LogP) is 5.78. The van der Waals surface area contributed by atoms with Crippen LogP contribution in [0.4, 0.5) is 10.1 Å². The number of hydrogen-bond donors (Lipinski definition) is 1. The van der Waals surface area contributed by atoms with Gasteiger partial charge < -0.3 is 9.72 Å². The molecule has 4 nitrogen and oxygen atoms in total. The molecule has 0 saturated carbocycles. The van der Waals surface area contributed by atoms with Gasteiger partial charge >= 0.3 is 0 Å². The number of hydrogen-bond acceptors (Lipinski definition) is 2. The Bertz CT molecular complexity index is 1180.